The Hall–Kier alpha value is 0.200. The minimum Gasteiger partial charge on any atom is -0.455 e. The van der Waals surface area contributed by atoms with Crippen LogP contribution < -0.4 is 0 Å². The summed E-state index contributed by atoms with van der Waals surface area (Å²) < 4.78 is 4.35. The second-order valence-corrected chi connectivity index (χ2v) is 2.29. The topological polar surface area (TPSA) is 26.3 Å². The minimum atomic E-state index is -0.243. The van der Waals surface area contributed by atoms with Gasteiger partial charge in [0.1, 0.15) is 0 Å². The molecule has 0 aromatic heterocycles. The maximum atomic E-state index is 10.0. The fourth-order valence-corrected chi connectivity index (χ4v) is 0.694. The number of halogens is 1. The summed E-state index contributed by atoms with van der Waals surface area (Å²) in [6, 6.07) is 0. The van der Waals surface area contributed by atoms with Gasteiger partial charge in [0.25, 0.3) is 0 Å². The predicted molar refractivity (Wildman–Crippen MR) is 35.6 cm³/mol. The van der Waals surface area contributed by atoms with Gasteiger partial charge in [-0.3, -0.25) is 0 Å². The van der Waals surface area contributed by atoms with Crippen molar-refractivity contribution in [2.24, 2.45) is 0 Å². The van der Waals surface area contributed by atoms with E-state index in [9.17, 15) is 4.79 Å². The van der Waals surface area contributed by atoms with Gasteiger partial charge in [0.2, 0.25) is 0 Å². The lowest BCUT2D eigenvalue weighted by molar-refractivity contribution is 0.146. The summed E-state index contributed by atoms with van der Waals surface area (Å²) in [5.41, 5.74) is 0. The van der Waals surface area contributed by atoms with Crippen LogP contribution in [0.25, 0.3) is 0 Å². The summed E-state index contributed by atoms with van der Waals surface area (Å²) in [5.74, 6) is 0. The van der Waals surface area contributed by atoms with Crippen molar-refractivity contribution < 1.29 is 9.53 Å². The van der Waals surface area contributed by atoms with Crippen molar-refractivity contribution in [3.05, 3.63) is 0 Å². The van der Waals surface area contributed by atoms with Crippen LogP contribution in [-0.2, 0) is 4.74 Å². The molecule has 42 valence electrons. The average Bonchev–Trinajstić information content (AvgIpc) is 1.27. The molecule has 0 aromatic rings. The first-order chi connectivity index (χ1) is 3.13. The SMILES string of the molecule is CC(C)OC(=O)I. The molecular weight excluding hydrogens is 207 g/mol. The standard InChI is InChI=1S/C4H7IO2/c1-3(2)7-4(5)6/h3H,1-2H3. The molecular formula is C4H7IO2. The quantitative estimate of drug-likeness (QED) is 0.492. The minimum absolute atomic E-state index is 0.0180. The highest BCUT2D eigenvalue weighted by molar-refractivity contribution is 14.1. The van der Waals surface area contributed by atoms with Crippen LogP contribution in [0, 0.1) is 0 Å². The van der Waals surface area contributed by atoms with E-state index in [0.717, 1.165) is 0 Å². The smallest absolute Gasteiger partial charge is 0.367 e. The van der Waals surface area contributed by atoms with Gasteiger partial charge < -0.3 is 4.74 Å². The lowest BCUT2D eigenvalue weighted by Crippen LogP contribution is -2.02. The maximum absolute atomic E-state index is 10.0. The molecule has 0 radical (unpaired) electrons. The molecule has 0 fully saturated rings. The molecule has 0 aromatic carbocycles. The van der Waals surface area contributed by atoms with E-state index in [-0.39, 0.29) is 10.1 Å². The maximum Gasteiger partial charge on any atom is 0.367 e. The van der Waals surface area contributed by atoms with Crippen LogP contribution in [0.3, 0.4) is 0 Å². The first-order valence-corrected chi connectivity index (χ1v) is 3.07. The van der Waals surface area contributed by atoms with Gasteiger partial charge in [0.15, 0.2) is 0 Å². The third-order valence-electron chi connectivity index (χ3n) is 0.328. The van der Waals surface area contributed by atoms with E-state index in [1.54, 1.807) is 22.6 Å². The Labute approximate surface area is 56.4 Å². The van der Waals surface area contributed by atoms with Crippen LogP contribution in [0.15, 0.2) is 0 Å². The van der Waals surface area contributed by atoms with Gasteiger partial charge in [-0.05, 0) is 13.8 Å². The summed E-state index contributed by atoms with van der Waals surface area (Å²) in [4.78, 5) is 10.0. The van der Waals surface area contributed by atoms with Crippen LogP contribution in [0.1, 0.15) is 13.8 Å². The highest BCUT2D eigenvalue weighted by atomic mass is 127. The predicted octanol–water partition coefficient (Wildman–Crippen LogP) is 1.97. The van der Waals surface area contributed by atoms with Gasteiger partial charge in [-0.1, -0.05) is 0 Å². The normalized spacial score (nSPS) is 9.14. The molecule has 0 bridgehead atoms. The number of ether oxygens (including phenoxy) is 1. The third-order valence-corrected chi connectivity index (χ3v) is 0.583. The monoisotopic (exact) mass is 214 g/mol. The van der Waals surface area contributed by atoms with Crippen molar-refractivity contribution in [2.45, 2.75) is 20.0 Å². The molecule has 0 heterocycles. The zero-order chi connectivity index (χ0) is 5.86. The largest absolute Gasteiger partial charge is 0.455 e. The third kappa shape index (κ3) is 6.20. The van der Waals surface area contributed by atoms with Gasteiger partial charge in [0.05, 0.1) is 28.7 Å². The Morgan fingerprint density at radius 2 is 2.14 bits per heavy atom. The van der Waals surface area contributed by atoms with E-state index in [1.165, 1.54) is 0 Å². The number of rotatable bonds is 1. The van der Waals surface area contributed by atoms with Gasteiger partial charge in [-0.25, -0.2) is 4.79 Å². The van der Waals surface area contributed by atoms with Gasteiger partial charge in [-0.15, -0.1) is 0 Å². The molecule has 0 unspecified atom stereocenters. The van der Waals surface area contributed by atoms with Gasteiger partial charge in [0, 0.05) is 0 Å². The van der Waals surface area contributed by atoms with E-state index >= 15 is 0 Å². The van der Waals surface area contributed by atoms with E-state index in [1.807, 2.05) is 13.8 Å². The fraction of sp³-hybridized carbons (Fsp3) is 0.750. The molecule has 0 saturated heterocycles. The molecule has 0 aliphatic carbocycles. The molecule has 2 nitrogen and oxygen atoms in total. The van der Waals surface area contributed by atoms with Crippen molar-refractivity contribution in [1.82, 2.24) is 0 Å². The van der Waals surface area contributed by atoms with Crippen LogP contribution in [0.2, 0.25) is 0 Å². The van der Waals surface area contributed by atoms with Crippen molar-refractivity contribution in [3.8, 4) is 0 Å². The highest BCUT2D eigenvalue weighted by Gasteiger charge is 1.95. The molecule has 0 rings (SSSR count). The molecule has 0 aliphatic heterocycles. The highest BCUT2D eigenvalue weighted by Crippen LogP contribution is 1.95. The van der Waals surface area contributed by atoms with Crippen molar-refractivity contribution in [1.29, 1.82) is 0 Å². The number of carbonyl (C=O) groups excluding carboxylic acids is 1. The fourth-order valence-electron chi connectivity index (χ4n) is 0.185. The molecule has 0 saturated carbocycles. The summed E-state index contributed by atoms with van der Waals surface area (Å²) >= 11 is 1.60. The van der Waals surface area contributed by atoms with Gasteiger partial charge >= 0.3 is 3.98 Å². The van der Waals surface area contributed by atoms with Crippen molar-refractivity contribution >= 4 is 26.6 Å². The Morgan fingerprint density at radius 1 is 1.71 bits per heavy atom. The Kier molecular flexibility index (Phi) is 3.33. The molecule has 0 spiro atoms. The average molecular weight is 214 g/mol. The summed E-state index contributed by atoms with van der Waals surface area (Å²) in [7, 11) is 0. The van der Waals surface area contributed by atoms with Crippen LogP contribution in [0.5, 0.6) is 0 Å². The summed E-state index contributed by atoms with van der Waals surface area (Å²) in [6.45, 7) is 3.63. The van der Waals surface area contributed by atoms with Crippen molar-refractivity contribution in [2.75, 3.05) is 0 Å². The molecule has 0 aliphatic rings. The number of hydrogen-bond donors (Lipinski definition) is 0. The first-order valence-electron chi connectivity index (χ1n) is 1.99. The molecule has 0 atom stereocenters. The number of carbonyl (C=O) groups is 1. The second-order valence-electron chi connectivity index (χ2n) is 1.40. The van der Waals surface area contributed by atoms with E-state index in [2.05, 4.69) is 4.74 Å². The summed E-state index contributed by atoms with van der Waals surface area (Å²) in [5, 5.41) is 0. The Bertz CT molecular complexity index is 70.1. The van der Waals surface area contributed by atoms with E-state index in [0.29, 0.717) is 0 Å². The van der Waals surface area contributed by atoms with Crippen molar-refractivity contribution in [3.63, 3.8) is 0 Å². The molecule has 0 N–H and O–H groups in total. The lowest BCUT2D eigenvalue weighted by atomic mass is 10.5. The lowest BCUT2D eigenvalue weighted by Gasteiger charge is -2.00. The molecule has 0 amide bonds. The molecule has 7 heavy (non-hydrogen) atoms. The zero-order valence-corrected chi connectivity index (χ0v) is 6.43. The van der Waals surface area contributed by atoms with E-state index < -0.39 is 0 Å². The molecule has 3 heteroatoms. The van der Waals surface area contributed by atoms with E-state index in [4.69, 9.17) is 0 Å². The van der Waals surface area contributed by atoms with Gasteiger partial charge in [-0.2, -0.15) is 0 Å². The summed E-state index contributed by atoms with van der Waals surface area (Å²) in [6.07, 6.45) is 0.0180. The van der Waals surface area contributed by atoms with Crippen LogP contribution in [0.4, 0.5) is 4.79 Å². The Morgan fingerprint density at radius 3 is 2.14 bits per heavy atom. The zero-order valence-electron chi connectivity index (χ0n) is 4.27. The Balaban J connectivity index is 3.13. The van der Waals surface area contributed by atoms with Crippen LogP contribution >= 0.6 is 22.6 Å². The second kappa shape index (κ2) is 3.23. The van der Waals surface area contributed by atoms with Crippen LogP contribution in [-0.4, -0.2) is 10.1 Å². The number of hydrogen-bond acceptors (Lipinski definition) is 2. The first kappa shape index (κ1) is 7.20.